The van der Waals surface area contributed by atoms with Crippen LogP contribution in [0.15, 0.2) is 0 Å². The van der Waals surface area contributed by atoms with Crippen LogP contribution in [0.25, 0.3) is 0 Å². The summed E-state index contributed by atoms with van der Waals surface area (Å²) in [4.78, 5) is 9.59. The minimum Gasteiger partial charge on any atom is -0.400 e. The molecule has 3 nitrogen and oxygen atoms in total. The molecule has 0 aromatic carbocycles. The van der Waals surface area contributed by atoms with E-state index >= 15 is 0 Å². The van der Waals surface area contributed by atoms with Gasteiger partial charge in [0.2, 0.25) is 0 Å². The maximum Gasteiger partial charge on any atom is 0.329 e. The number of halogens is 6. The largest absolute Gasteiger partial charge is 0.400 e. The second-order valence-corrected chi connectivity index (χ2v) is 4.33. The maximum atomic E-state index is 11.3. The van der Waals surface area contributed by atoms with Gasteiger partial charge in [-0.3, -0.25) is 0 Å². The monoisotopic (exact) mass is 334 g/mol. The number of Topliss-reactive ketones (excluding diaryl/α,β-unsaturated/α-hetero) is 1. The zero-order valence-electron chi connectivity index (χ0n) is 11.1. The Morgan fingerprint density at radius 2 is 1.47 bits per heavy atom. The van der Waals surface area contributed by atoms with E-state index in [1.54, 1.807) is 13.8 Å². The Hall–Kier alpha value is -0.110. The van der Waals surface area contributed by atoms with E-state index in [-0.39, 0.29) is 10.6 Å². The first kappa shape index (κ1) is 27.3. The number of aliphatic hydroxyl groups excluding tert-OH is 2. The van der Waals surface area contributed by atoms with E-state index in [1.807, 2.05) is 6.92 Å². The first-order valence-electron chi connectivity index (χ1n) is 5.00. The topological polar surface area (TPSA) is 57.5 Å². The van der Waals surface area contributed by atoms with Gasteiger partial charge in [0.15, 0.2) is 0 Å². The molecule has 120 valence electrons. The summed E-state index contributed by atoms with van der Waals surface area (Å²) in [5.41, 5.74) is 0. The molecule has 0 unspecified atom stereocenters. The van der Waals surface area contributed by atoms with E-state index in [2.05, 4.69) is 0 Å². The fourth-order valence-corrected chi connectivity index (χ4v) is 0.0690. The van der Waals surface area contributed by atoms with Gasteiger partial charge in [0.1, 0.15) is 17.2 Å². The average Bonchev–Trinajstić information content (AvgIpc) is 2.31. The van der Waals surface area contributed by atoms with Crippen LogP contribution in [0.5, 0.6) is 0 Å². The van der Waals surface area contributed by atoms with Crippen molar-refractivity contribution in [3.63, 3.8) is 0 Å². The molecule has 9 heteroatoms. The Labute approximate surface area is 120 Å². The van der Waals surface area contributed by atoms with Gasteiger partial charge in [0.05, 0.1) is 0 Å². The smallest absolute Gasteiger partial charge is 0.329 e. The van der Waals surface area contributed by atoms with Crippen molar-refractivity contribution in [1.29, 1.82) is 0 Å². The van der Waals surface area contributed by atoms with Crippen LogP contribution in [0, 0.1) is 0 Å². The van der Waals surface area contributed by atoms with E-state index < -0.39 is 19.0 Å². The Morgan fingerprint density at radius 3 is 1.47 bits per heavy atom. The van der Waals surface area contributed by atoms with Crippen LogP contribution in [0.3, 0.4) is 0 Å². The van der Waals surface area contributed by atoms with Gasteiger partial charge in [-0.05, 0) is 13.8 Å². The normalized spacial score (nSPS) is 9.58. The third-order valence-corrected chi connectivity index (χ3v) is 1.03. The number of carbonyl (C=O) groups is 1. The van der Waals surface area contributed by atoms with Crippen molar-refractivity contribution in [2.75, 3.05) is 13.7 Å². The van der Waals surface area contributed by atoms with Crippen molar-refractivity contribution in [1.82, 2.24) is 0 Å². The van der Waals surface area contributed by atoms with Gasteiger partial charge < -0.3 is 15.0 Å². The second kappa shape index (κ2) is 17.9. The van der Waals surface area contributed by atoms with Gasteiger partial charge in [0, 0.05) is 13.5 Å². The molecular formula is C10H20Cl2F4O3. The van der Waals surface area contributed by atoms with Gasteiger partial charge in [0.25, 0.3) is 0 Å². The molecule has 0 atom stereocenters. The molecule has 2 N–H and O–H groups in total. The zero-order valence-corrected chi connectivity index (χ0v) is 12.7. The minimum atomic E-state index is -4.24. The lowest BCUT2D eigenvalue weighted by Gasteiger charge is -2.09. The summed E-state index contributed by atoms with van der Waals surface area (Å²) in [5, 5.41) is 14.5. The molecule has 0 rings (SSSR count). The fraction of sp³-hybridized carbons (Fsp3) is 0.900. The molecular weight excluding hydrogens is 315 g/mol. The third kappa shape index (κ3) is 38.1. The van der Waals surface area contributed by atoms with Crippen LogP contribution < -0.4 is 0 Å². The van der Waals surface area contributed by atoms with Crippen LogP contribution in [0.4, 0.5) is 17.6 Å². The molecule has 0 spiro atoms. The number of alkyl halides is 6. The fourth-order valence-electron chi connectivity index (χ4n) is 0.0690. The van der Waals surface area contributed by atoms with Gasteiger partial charge in [-0.1, -0.05) is 6.92 Å². The van der Waals surface area contributed by atoms with Crippen molar-refractivity contribution < 1.29 is 32.6 Å². The molecule has 0 aliphatic heterocycles. The van der Waals surface area contributed by atoms with Crippen LogP contribution in [0.2, 0.25) is 0 Å². The summed E-state index contributed by atoms with van der Waals surface area (Å²) in [7, 11) is 1.00. The van der Waals surface area contributed by atoms with Crippen LogP contribution in [-0.4, -0.2) is 46.9 Å². The van der Waals surface area contributed by atoms with Gasteiger partial charge in [-0.2, -0.15) is 8.78 Å². The first-order valence-corrected chi connectivity index (χ1v) is 5.87. The zero-order chi connectivity index (χ0) is 16.6. The highest BCUT2D eigenvalue weighted by atomic mass is 35.5. The Bertz CT molecular complexity index is 191. The Balaban J connectivity index is -0.0000000886. The summed E-state index contributed by atoms with van der Waals surface area (Å²) in [5.74, 6) is -3.98. The molecule has 0 fully saturated rings. The predicted molar refractivity (Wildman–Crippen MR) is 68.3 cm³/mol. The van der Waals surface area contributed by atoms with Crippen LogP contribution >= 0.6 is 23.2 Å². The number of ketones is 1. The molecule has 0 aromatic heterocycles. The molecule has 0 aliphatic carbocycles. The molecule has 0 heterocycles. The molecule has 0 amide bonds. The van der Waals surface area contributed by atoms with Gasteiger partial charge in [-0.25, -0.2) is 8.78 Å². The predicted octanol–water partition coefficient (Wildman–Crippen LogP) is 3.28. The highest BCUT2D eigenvalue weighted by Gasteiger charge is 2.39. The summed E-state index contributed by atoms with van der Waals surface area (Å²) >= 11 is 10.1. The minimum absolute atomic E-state index is 0.222. The molecule has 19 heavy (non-hydrogen) atoms. The molecule has 0 saturated heterocycles. The van der Waals surface area contributed by atoms with Crippen molar-refractivity contribution in [2.45, 2.75) is 44.4 Å². The maximum absolute atomic E-state index is 11.3. The number of carbonyl (C=O) groups excluding carboxylic acids is 1. The van der Waals surface area contributed by atoms with Crippen molar-refractivity contribution in [2.24, 2.45) is 0 Å². The van der Waals surface area contributed by atoms with E-state index in [9.17, 15) is 22.4 Å². The van der Waals surface area contributed by atoms with Crippen molar-refractivity contribution in [3.8, 4) is 0 Å². The SMILES string of the molecule is CC(Cl)Cl.CCC(C)=O.CO.OCC(F)(F)C(F)F. The molecule has 0 bridgehead atoms. The van der Waals surface area contributed by atoms with Crippen molar-refractivity contribution >= 4 is 29.0 Å². The number of rotatable bonds is 3. The summed E-state index contributed by atoms with van der Waals surface area (Å²) in [6, 6.07) is 0. The Kier molecular flexibility index (Phi) is 25.7. The second-order valence-electron chi connectivity index (χ2n) is 2.79. The summed E-state index contributed by atoms with van der Waals surface area (Å²) in [6.45, 7) is 3.33. The lowest BCUT2D eigenvalue weighted by atomic mass is 10.4. The van der Waals surface area contributed by atoms with E-state index in [4.69, 9.17) is 33.4 Å². The number of aliphatic hydroxyl groups is 2. The lowest BCUT2D eigenvalue weighted by Crippen LogP contribution is -2.30. The van der Waals surface area contributed by atoms with Crippen LogP contribution in [0.1, 0.15) is 27.2 Å². The number of hydrogen-bond donors (Lipinski definition) is 2. The molecule has 0 aliphatic rings. The highest BCUT2D eigenvalue weighted by molar-refractivity contribution is 6.43. The summed E-state index contributed by atoms with van der Waals surface area (Å²) in [6.07, 6.45) is -3.10. The van der Waals surface area contributed by atoms with Gasteiger partial charge in [-0.15, -0.1) is 23.2 Å². The van der Waals surface area contributed by atoms with E-state index in [1.165, 1.54) is 0 Å². The third-order valence-electron chi connectivity index (χ3n) is 1.03. The van der Waals surface area contributed by atoms with Crippen LogP contribution in [-0.2, 0) is 4.79 Å². The van der Waals surface area contributed by atoms with E-state index in [0.717, 1.165) is 7.11 Å². The lowest BCUT2D eigenvalue weighted by molar-refractivity contribution is -0.153. The Morgan fingerprint density at radius 1 is 1.26 bits per heavy atom. The number of hydrogen-bond acceptors (Lipinski definition) is 3. The summed E-state index contributed by atoms with van der Waals surface area (Å²) < 4.78 is 44.4. The highest BCUT2D eigenvalue weighted by Crippen LogP contribution is 2.20. The molecule has 0 saturated carbocycles. The average molecular weight is 335 g/mol. The van der Waals surface area contributed by atoms with Crippen molar-refractivity contribution in [3.05, 3.63) is 0 Å². The standard InChI is InChI=1S/C4H8O.C3H4F4O.C2H4Cl2.CH4O/c1-3-4(2)5;4-2(5)3(6,7)1-8;1-2(3)4;1-2/h3H2,1-2H3;2,8H,1H2;2H,1H3;2H,1H3. The molecule has 0 radical (unpaired) electrons. The van der Waals surface area contributed by atoms with E-state index in [0.29, 0.717) is 6.42 Å². The molecule has 0 aromatic rings. The first-order chi connectivity index (χ1) is 8.51. The van der Waals surface area contributed by atoms with Gasteiger partial charge >= 0.3 is 12.3 Å². The quantitative estimate of drug-likeness (QED) is 0.615.